The first-order valence-electron chi connectivity index (χ1n) is 8.88. The largest absolute Gasteiger partial charge is 0.433 e. The maximum Gasteiger partial charge on any atom is 0.433 e. The molecule has 6 nitrogen and oxygen atoms in total. The van der Waals surface area contributed by atoms with Crippen LogP contribution in [0, 0.1) is 12.8 Å². The molecule has 10 heteroatoms. The fourth-order valence-corrected chi connectivity index (χ4v) is 3.30. The summed E-state index contributed by atoms with van der Waals surface area (Å²) >= 11 is 0. The first kappa shape index (κ1) is 19.8. The second kappa shape index (κ2) is 7.57. The van der Waals surface area contributed by atoms with Crippen molar-refractivity contribution in [3.8, 4) is 0 Å². The Bertz CT molecular complexity index is 684. The lowest BCUT2D eigenvalue weighted by Crippen LogP contribution is -2.49. The van der Waals surface area contributed by atoms with Crippen LogP contribution >= 0.6 is 0 Å². The second-order valence-electron chi connectivity index (χ2n) is 7.07. The Morgan fingerprint density at radius 2 is 2.07 bits per heavy atom. The number of carbonyl (C=O) groups excluding carboxylic acids is 1. The highest BCUT2D eigenvalue weighted by Gasteiger charge is 2.38. The quantitative estimate of drug-likeness (QED) is 0.799. The summed E-state index contributed by atoms with van der Waals surface area (Å²) in [7, 11) is 0. The number of alkyl halides is 4. The molecule has 0 aromatic carbocycles. The van der Waals surface area contributed by atoms with E-state index in [2.05, 4.69) is 15.3 Å². The topological polar surface area (TPSA) is 67.4 Å². The number of piperidine rings is 1. The van der Waals surface area contributed by atoms with Crippen molar-refractivity contribution in [2.24, 2.45) is 5.92 Å². The molecular weight excluding hydrogens is 368 g/mol. The summed E-state index contributed by atoms with van der Waals surface area (Å²) in [6, 6.07) is 0.889. The van der Waals surface area contributed by atoms with E-state index in [1.54, 1.807) is 4.90 Å². The number of rotatable bonds is 4. The number of nitrogens with zero attached hydrogens (tertiary/aromatic N) is 3. The average molecular weight is 390 g/mol. The number of nitrogens with one attached hydrogen (secondary N) is 1. The van der Waals surface area contributed by atoms with Crippen molar-refractivity contribution in [3.05, 3.63) is 17.6 Å². The van der Waals surface area contributed by atoms with Crippen LogP contribution < -0.4 is 10.2 Å². The lowest BCUT2D eigenvalue weighted by Gasteiger charge is -2.37. The van der Waals surface area contributed by atoms with Gasteiger partial charge in [0.25, 0.3) is 0 Å². The molecule has 1 aromatic heterocycles. The van der Waals surface area contributed by atoms with E-state index in [0.717, 1.165) is 6.07 Å². The highest BCUT2D eigenvalue weighted by Crippen LogP contribution is 2.32. The van der Waals surface area contributed by atoms with Gasteiger partial charge in [0.05, 0.1) is 19.1 Å². The van der Waals surface area contributed by atoms with Crippen LogP contribution in [0.1, 0.15) is 30.8 Å². The Kier molecular flexibility index (Phi) is 5.55. The first-order valence-corrected chi connectivity index (χ1v) is 8.88. The van der Waals surface area contributed by atoms with Crippen molar-refractivity contribution in [2.75, 3.05) is 37.7 Å². The second-order valence-corrected chi connectivity index (χ2v) is 7.07. The predicted octanol–water partition coefficient (Wildman–Crippen LogP) is 2.27. The Morgan fingerprint density at radius 3 is 2.67 bits per heavy atom. The average Bonchev–Trinajstić information content (AvgIpc) is 3.14. The van der Waals surface area contributed by atoms with E-state index >= 15 is 0 Å². The van der Waals surface area contributed by atoms with Crippen LogP contribution in [0.5, 0.6) is 0 Å². The number of ether oxygens (including phenoxy) is 1. The molecule has 1 atom stereocenters. The summed E-state index contributed by atoms with van der Waals surface area (Å²) in [6.45, 7) is 2.61. The zero-order valence-electron chi connectivity index (χ0n) is 15.0. The monoisotopic (exact) mass is 390 g/mol. The molecule has 150 valence electrons. The zero-order valence-corrected chi connectivity index (χ0v) is 15.0. The molecule has 0 aliphatic carbocycles. The highest BCUT2D eigenvalue weighted by atomic mass is 19.4. The third-order valence-corrected chi connectivity index (χ3v) is 4.98. The molecule has 1 unspecified atom stereocenters. The molecule has 1 amide bonds. The van der Waals surface area contributed by atoms with Crippen molar-refractivity contribution in [1.82, 2.24) is 15.3 Å². The molecule has 0 saturated carbocycles. The summed E-state index contributed by atoms with van der Waals surface area (Å²) in [5.74, 6) is -0.293. The van der Waals surface area contributed by atoms with E-state index < -0.39 is 17.5 Å². The summed E-state index contributed by atoms with van der Waals surface area (Å²) in [5.41, 5.74) is -2.59. The van der Waals surface area contributed by atoms with Gasteiger partial charge in [0.15, 0.2) is 0 Å². The number of anilines is 1. The molecular formula is C17H22F4N4O2. The first-order chi connectivity index (χ1) is 12.7. The van der Waals surface area contributed by atoms with Crippen molar-refractivity contribution >= 4 is 11.7 Å². The zero-order chi connectivity index (χ0) is 19.7. The molecule has 0 bridgehead atoms. The molecule has 0 spiro atoms. The Labute approximate surface area is 154 Å². The predicted molar refractivity (Wildman–Crippen MR) is 89.0 cm³/mol. The summed E-state index contributed by atoms with van der Waals surface area (Å²) < 4.78 is 58.9. The van der Waals surface area contributed by atoms with Crippen molar-refractivity contribution in [2.45, 2.75) is 38.0 Å². The lowest BCUT2D eigenvalue weighted by atomic mass is 9.93. The minimum Gasteiger partial charge on any atom is -0.381 e. The molecule has 0 radical (unpaired) electrons. The number of aromatic nitrogens is 2. The van der Waals surface area contributed by atoms with Crippen LogP contribution in [-0.4, -0.2) is 54.4 Å². The normalized spacial score (nSPS) is 22.7. The van der Waals surface area contributed by atoms with Gasteiger partial charge in [-0.05, 0) is 13.3 Å². The van der Waals surface area contributed by atoms with Crippen molar-refractivity contribution in [1.29, 1.82) is 0 Å². The molecule has 1 N–H and O–H groups in total. The summed E-state index contributed by atoms with van der Waals surface area (Å²) in [6.07, 6.45) is -3.73. The molecule has 1 aromatic rings. The fraction of sp³-hybridized carbons (Fsp3) is 0.706. The minimum atomic E-state index is -4.56. The third kappa shape index (κ3) is 4.85. The third-order valence-electron chi connectivity index (χ3n) is 4.98. The van der Waals surface area contributed by atoms with Gasteiger partial charge in [0.2, 0.25) is 5.91 Å². The van der Waals surface area contributed by atoms with Crippen LogP contribution in [0.15, 0.2) is 6.07 Å². The van der Waals surface area contributed by atoms with Crippen LogP contribution in [0.2, 0.25) is 0 Å². The van der Waals surface area contributed by atoms with E-state index in [-0.39, 0.29) is 55.9 Å². The molecule has 2 aliphatic rings. The van der Waals surface area contributed by atoms with E-state index in [1.807, 2.05) is 0 Å². The molecule has 2 fully saturated rings. The Morgan fingerprint density at radius 1 is 1.37 bits per heavy atom. The highest BCUT2D eigenvalue weighted by molar-refractivity contribution is 5.79. The van der Waals surface area contributed by atoms with Gasteiger partial charge < -0.3 is 15.0 Å². The van der Waals surface area contributed by atoms with Gasteiger partial charge in [-0.3, -0.25) is 4.79 Å². The van der Waals surface area contributed by atoms with E-state index in [9.17, 15) is 22.4 Å². The number of amides is 1. The number of aryl methyl sites for hydroxylation is 1. The van der Waals surface area contributed by atoms with Crippen LogP contribution in [-0.2, 0) is 15.7 Å². The number of carbonyl (C=O) groups is 1. The van der Waals surface area contributed by atoms with Gasteiger partial charge in [-0.2, -0.15) is 13.2 Å². The van der Waals surface area contributed by atoms with Gasteiger partial charge in [0.1, 0.15) is 23.0 Å². The molecule has 3 rings (SSSR count). The molecule has 3 heterocycles. The van der Waals surface area contributed by atoms with Crippen LogP contribution in [0.3, 0.4) is 0 Å². The van der Waals surface area contributed by atoms with Crippen molar-refractivity contribution < 1.29 is 27.1 Å². The van der Waals surface area contributed by atoms with E-state index in [4.69, 9.17) is 4.74 Å². The number of hydrogen-bond donors (Lipinski definition) is 1. The van der Waals surface area contributed by atoms with Gasteiger partial charge in [-0.1, -0.05) is 0 Å². The van der Waals surface area contributed by atoms with Gasteiger partial charge in [-0.15, -0.1) is 0 Å². The maximum absolute atomic E-state index is 15.0. The standard InChI is InChI=1S/C17H22F4N4O2/c1-11-23-13(17(19,20)21)8-14(24-11)25-5-3-16(18,4-6-25)10-22-15(26)12-2-7-27-9-12/h8,12H,2-7,9-10H2,1H3,(H,22,26). The van der Waals surface area contributed by atoms with Gasteiger partial charge in [0, 0.05) is 38.6 Å². The minimum absolute atomic E-state index is 0.0166. The number of halogens is 4. The van der Waals surface area contributed by atoms with Gasteiger partial charge in [-0.25, -0.2) is 14.4 Å². The molecule has 27 heavy (non-hydrogen) atoms. The van der Waals surface area contributed by atoms with E-state index in [1.165, 1.54) is 6.92 Å². The summed E-state index contributed by atoms with van der Waals surface area (Å²) in [5, 5.41) is 2.64. The van der Waals surface area contributed by atoms with Crippen LogP contribution in [0.25, 0.3) is 0 Å². The molecule has 2 saturated heterocycles. The van der Waals surface area contributed by atoms with Gasteiger partial charge >= 0.3 is 6.18 Å². The van der Waals surface area contributed by atoms with E-state index in [0.29, 0.717) is 19.6 Å². The molecule has 2 aliphatic heterocycles. The Balaban J connectivity index is 1.58. The summed E-state index contributed by atoms with van der Waals surface area (Å²) in [4.78, 5) is 21.1. The number of hydrogen-bond acceptors (Lipinski definition) is 5. The van der Waals surface area contributed by atoms with Crippen molar-refractivity contribution in [3.63, 3.8) is 0 Å². The Hall–Kier alpha value is -1.97. The SMILES string of the molecule is Cc1nc(N2CCC(F)(CNC(=O)C3CCOC3)CC2)cc(C(F)(F)F)n1. The maximum atomic E-state index is 15.0. The smallest absolute Gasteiger partial charge is 0.381 e. The van der Waals surface area contributed by atoms with Crippen LogP contribution in [0.4, 0.5) is 23.4 Å². The lowest BCUT2D eigenvalue weighted by molar-refractivity contribution is -0.141. The fourth-order valence-electron chi connectivity index (χ4n) is 3.30.